The molecule has 0 aromatic heterocycles. The summed E-state index contributed by atoms with van der Waals surface area (Å²) in [6.45, 7) is 1.71. The van der Waals surface area contributed by atoms with Crippen molar-refractivity contribution in [3.05, 3.63) is 23.8 Å². The van der Waals surface area contributed by atoms with Gasteiger partial charge in [0, 0.05) is 23.0 Å². The maximum absolute atomic E-state index is 10.9. The number of carbonyl (C=O) groups is 1. The number of carboxylic acid groups (broad SMARTS) is 1. The highest BCUT2D eigenvalue weighted by Gasteiger charge is 2.43. The zero-order valence-corrected chi connectivity index (χ0v) is 11.5. The molecule has 2 rings (SSSR count). The number of nitrogens with two attached hydrogens (primary N) is 1. The Hall–Kier alpha value is -1.51. The average Bonchev–Trinajstić information content (AvgIpc) is 2.60. The molecule has 7 nitrogen and oxygen atoms in total. The molecular formula is C10H12BrN5O2. The van der Waals surface area contributed by atoms with Crippen LogP contribution in [0.1, 0.15) is 6.92 Å². The van der Waals surface area contributed by atoms with E-state index in [2.05, 4.69) is 25.9 Å². The van der Waals surface area contributed by atoms with Crippen LogP contribution in [0.15, 0.2) is 33.8 Å². The van der Waals surface area contributed by atoms with E-state index >= 15 is 0 Å². The largest absolute Gasteiger partial charge is 0.530 e. The molecule has 0 fully saturated rings. The van der Waals surface area contributed by atoms with E-state index in [1.807, 2.05) is 0 Å². The molecule has 2 aliphatic rings. The van der Waals surface area contributed by atoms with Crippen LogP contribution in [0.5, 0.6) is 0 Å². The molecule has 8 heteroatoms. The molecular weight excluding hydrogens is 302 g/mol. The molecule has 96 valence electrons. The van der Waals surface area contributed by atoms with E-state index in [-0.39, 0.29) is 4.59 Å². The highest BCUT2D eigenvalue weighted by atomic mass is 79.9. The normalized spacial score (nSPS) is 27.0. The summed E-state index contributed by atoms with van der Waals surface area (Å²) in [4.78, 5) is 20.2. The van der Waals surface area contributed by atoms with Crippen molar-refractivity contribution in [3.63, 3.8) is 0 Å². The summed E-state index contributed by atoms with van der Waals surface area (Å²) in [5.41, 5.74) is 1.18. The molecule has 2 heterocycles. The second kappa shape index (κ2) is 4.30. The number of allylic oxidation sites excluding steroid dienone is 1. The van der Waals surface area contributed by atoms with Crippen LogP contribution in [-0.4, -0.2) is 39.6 Å². The molecule has 0 aromatic carbocycles. The Kier molecular flexibility index (Phi) is 3.09. The summed E-state index contributed by atoms with van der Waals surface area (Å²) in [6, 6.07) is -0.473. The number of nitrogens with zero attached hydrogens (tertiary/aromatic N) is 4. The first-order valence-electron chi connectivity index (χ1n) is 5.19. The standard InChI is InChI=1S/C10H12BrN5O2/c1-6(15(2)10(17)18)8-7-5-13-3-4-16(7,12)9(11)14-8/h3-6H,12H2,1-2H3. The summed E-state index contributed by atoms with van der Waals surface area (Å²) in [5, 5.41) is 10.9. The summed E-state index contributed by atoms with van der Waals surface area (Å²) >= 11 is 3.29. The van der Waals surface area contributed by atoms with Crippen molar-refractivity contribution < 1.29 is 14.5 Å². The molecule has 0 aromatic rings. The van der Waals surface area contributed by atoms with E-state index in [0.717, 1.165) is 4.90 Å². The van der Waals surface area contributed by atoms with Crippen LogP contribution in [0.3, 0.4) is 0 Å². The number of carbonyl (C=O) groups excluding carboxylic acids is 1. The van der Waals surface area contributed by atoms with Gasteiger partial charge in [0.1, 0.15) is 18.0 Å². The van der Waals surface area contributed by atoms with Crippen molar-refractivity contribution in [1.82, 2.24) is 4.90 Å². The Labute approximate surface area is 112 Å². The molecule has 2 aliphatic heterocycles. The predicted octanol–water partition coefficient (Wildman–Crippen LogP) is -0.128. The van der Waals surface area contributed by atoms with E-state index in [4.69, 9.17) is 5.84 Å². The van der Waals surface area contributed by atoms with E-state index in [0.29, 0.717) is 16.1 Å². The number of rotatable bonds is 2. The third-order valence-electron chi connectivity index (χ3n) is 3.03. The number of amides is 1. The molecule has 0 radical (unpaired) electrons. The molecule has 0 saturated carbocycles. The van der Waals surface area contributed by atoms with Gasteiger partial charge in [-0.05, 0) is 6.92 Å². The zero-order chi connectivity index (χ0) is 13.5. The Morgan fingerprint density at radius 1 is 1.67 bits per heavy atom. The lowest BCUT2D eigenvalue weighted by Crippen LogP contribution is -2.51. The molecule has 18 heavy (non-hydrogen) atoms. The number of quaternary nitrogens is 1. The number of fused-ring (bicyclic) bond motifs is 1. The Balaban J connectivity index is 2.45. The monoisotopic (exact) mass is 313 g/mol. The van der Waals surface area contributed by atoms with Crippen LogP contribution in [0.4, 0.5) is 4.79 Å². The fourth-order valence-corrected chi connectivity index (χ4v) is 2.24. The van der Waals surface area contributed by atoms with Gasteiger partial charge in [-0.2, -0.15) is 10.8 Å². The molecule has 0 bridgehead atoms. The quantitative estimate of drug-likeness (QED) is 0.437. The summed E-state index contributed by atoms with van der Waals surface area (Å²) in [5.74, 6) is 6.15. The minimum Gasteiger partial charge on any atom is -0.530 e. The second-order valence-corrected chi connectivity index (χ2v) is 4.77. The van der Waals surface area contributed by atoms with Gasteiger partial charge in [-0.1, -0.05) is 0 Å². The third-order valence-corrected chi connectivity index (χ3v) is 3.79. The number of hydrogen-bond donors (Lipinski definition) is 1. The second-order valence-electron chi connectivity index (χ2n) is 4.06. The van der Waals surface area contributed by atoms with Gasteiger partial charge in [0.2, 0.25) is 5.70 Å². The fraction of sp³-hybridized carbons (Fsp3) is 0.300. The van der Waals surface area contributed by atoms with Crippen molar-refractivity contribution >= 4 is 33.0 Å². The maximum atomic E-state index is 10.9. The first-order valence-corrected chi connectivity index (χ1v) is 5.98. The number of halogens is 1. The van der Waals surface area contributed by atoms with Crippen LogP contribution in [0.2, 0.25) is 0 Å². The van der Waals surface area contributed by atoms with Crippen LogP contribution >= 0.6 is 15.9 Å². The van der Waals surface area contributed by atoms with Gasteiger partial charge in [0.25, 0.3) is 0 Å². The van der Waals surface area contributed by atoms with Crippen molar-refractivity contribution in [1.29, 1.82) is 0 Å². The molecule has 2 atom stereocenters. The predicted molar refractivity (Wildman–Crippen MR) is 68.1 cm³/mol. The number of hydrogen-bond acceptors (Lipinski definition) is 5. The lowest BCUT2D eigenvalue weighted by Gasteiger charge is -2.28. The number of likely N-dealkylation sites (N-methyl/N-ethyl adjacent to an activating group) is 1. The zero-order valence-electron chi connectivity index (χ0n) is 9.87. The fourth-order valence-electron chi connectivity index (χ4n) is 1.74. The van der Waals surface area contributed by atoms with Gasteiger partial charge in [0.15, 0.2) is 0 Å². The van der Waals surface area contributed by atoms with Crippen LogP contribution in [0, 0.1) is 0 Å². The van der Waals surface area contributed by atoms with Crippen molar-refractivity contribution in [2.45, 2.75) is 13.0 Å². The van der Waals surface area contributed by atoms with E-state index in [9.17, 15) is 9.90 Å². The minimum absolute atomic E-state index is 0.135. The van der Waals surface area contributed by atoms with Crippen molar-refractivity contribution in [2.24, 2.45) is 15.8 Å². The molecule has 0 aliphatic carbocycles. The Bertz CT molecular complexity index is 524. The third kappa shape index (κ3) is 1.78. The van der Waals surface area contributed by atoms with Crippen molar-refractivity contribution in [2.75, 3.05) is 7.05 Å². The van der Waals surface area contributed by atoms with E-state index in [1.165, 1.54) is 7.05 Å². The summed E-state index contributed by atoms with van der Waals surface area (Å²) in [6.07, 6.45) is 3.53. The van der Waals surface area contributed by atoms with Crippen LogP contribution < -0.4 is 10.9 Å². The van der Waals surface area contributed by atoms with E-state index < -0.39 is 12.1 Å². The van der Waals surface area contributed by atoms with Gasteiger partial charge in [-0.3, -0.25) is 4.99 Å². The molecule has 1 amide bonds. The van der Waals surface area contributed by atoms with Crippen LogP contribution in [0.25, 0.3) is 0 Å². The minimum atomic E-state index is -1.27. The number of amidine groups is 1. The number of aliphatic imine (C=N–C) groups is 2. The smallest absolute Gasteiger partial charge is 0.301 e. The first kappa shape index (κ1) is 12.9. The van der Waals surface area contributed by atoms with Gasteiger partial charge in [-0.15, -0.1) is 4.59 Å². The molecule has 0 spiro atoms. The van der Waals surface area contributed by atoms with Gasteiger partial charge >= 0.3 is 4.74 Å². The summed E-state index contributed by atoms with van der Waals surface area (Å²) < 4.78 is 0.345. The highest BCUT2D eigenvalue weighted by Crippen LogP contribution is 2.32. The summed E-state index contributed by atoms with van der Waals surface area (Å²) in [7, 11) is 1.43. The molecule has 2 unspecified atom stereocenters. The maximum Gasteiger partial charge on any atom is 0.301 e. The first-order chi connectivity index (χ1) is 8.38. The lowest BCUT2D eigenvalue weighted by molar-refractivity contribution is -0.746. The van der Waals surface area contributed by atoms with Gasteiger partial charge < -0.3 is 14.8 Å². The molecule has 2 N–H and O–H groups in total. The lowest BCUT2D eigenvalue weighted by atomic mass is 10.2. The SMILES string of the molecule is CC(C1=C2C=NC=C[N+]2(N)C(Br)=N1)N(C)C(=O)[O-]. The average molecular weight is 314 g/mol. The van der Waals surface area contributed by atoms with Gasteiger partial charge in [0.05, 0.1) is 18.5 Å². The molecule has 0 saturated heterocycles. The highest BCUT2D eigenvalue weighted by molar-refractivity contribution is 9.18. The van der Waals surface area contributed by atoms with Crippen LogP contribution in [-0.2, 0) is 0 Å². The Morgan fingerprint density at radius 2 is 2.33 bits per heavy atom. The van der Waals surface area contributed by atoms with E-state index in [1.54, 1.807) is 25.5 Å². The topological polar surface area (TPSA) is 94.1 Å². The van der Waals surface area contributed by atoms with Gasteiger partial charge in [-0.25, -0.2) is 0 Å². The van der Waals surface area contributed by atoms with Crippen molar-refractivity contribution in [3.8, 4) is 0 Å². The Morgan fingerprint density at radius 3 is 2.94 bits per heavy atom.